The molecule has 3 aliphatic rings. The Kier molecular flexibility index (Phi) is 9.90. The molecule has 5 rings (SSSR count). The van der Waals surface area contributed by atoms with E-state index in [0.717, 1.165) is 0 Å². The zero-order valence-electron chi connectivity index (χ0n) is 25.3. The second-order valence-corrected chi connectivity index (χ2v) is 14.1. The Morgan fingerprint density at radius 3 is 2.22 bits per heavy atom. The number of hydrogen-bond donors (Lipinski definition) is 3. The van der Waals surface area contributed by atoms with Gasteiger partial charge in [-0.25, -0.2) is 18.4 Å². The van der Waals surface area contributed by atoms with Crippen LogP contribution in [-0.4, -0.2) is 97.3 Å². The number of alkyl halides is 5. The molecular weight excluding hydrogens is 637 g/mol. The molecule has 3 fully saturated rings. The topological polar surface area (TPSA) is 145 Å². The van der Waals surface area contributed by atoms with E-state index in [9.17, 15) is 31.5 Å². The predicted octanol–water partition coefficient (Wildman–Crippen LogP) is 2.52. The molecule has 46 heavy (non-hydrogen) atoms. The number of carbonyl (C=O) groups excluding carboxylic acids is 1. The summed E-state index contributed by atoms with van der Waals surface area (Å²) in [6.07, 6.45) is -6.46. The minimum atomic E-state index is -4.75. The van der Waals surface area contributed by atoms with E-state index in [1.54, 1.807) is 24.0 Å². The highest BCUT2D eigenvalue weighted by atomic mass is 32.2. The van der Waals surface area contributed by atoms with Crippen molar-refractivity contribution in [1.29, 1.82) is 0 Å². The van der Waals surface area contributed by atoms with E-state index in [1.807, 2.05) is 0 Å². The lowest BCUT2D eigenvalue weighted by molar-refractivity contribution is -0.202. The molecular formula is C29H38F5N7O4S. The van der Waals surface area contributed by atoms with Gasteiger partial charge in [-0.05, 0) is 62.9 Å². The van der Waals surface area contributed by atoms with E-state index in [4.69, 9.17) is 5.73 Å². The number of nitrogens with zero attached hydrogens (tertiary/aromatic N) is 5. The molecule has 2 aliphatic heterocycles. The predicted molar refractivity (Wildman–Crippen MR) is 159 cm³/mol. The number of nitrogens with two attached hydrogens (primary N) is 1. The minimum Gasteiger partial charge on any atom is -0.382 e. The zero-order chi connectivity index (χ0) is 33.4. The van der Waals surface area contributed by atoms with Crippen molar-refractivity contribution in [1.82, 2.24) is 19.6 Å². The number of piperazine rings is 1. The van der Waals surface area contributed by atoms with Crippen LogP contribution in [0.2, 0.25) is 0 Å². The van der Waals surface area contributed by atoms with Crippen molar-refractivity contribution in [2.45, 2.75) is 74.2 Å². The van der Waals surface area contributed by atoms with Gasteiger partial charge in [0.15, 0.2) is 6.10 Å². The van der Waals surface area contributed by atoms with E-state index < -0.39 is 52.4 Å². The molecule has 3 heterocycles. The number of benzene rings is 1. The number of amides is 1. The largest absolute Gasteiger partial charge is 0.415 e. The lowest BCUT2D eigenvalue weighted by atomic mass is 9.81. The van der Waals surface area contributed by atoms with Gasteiger partial charge < -0.3 is 26.0 Å². The first-order valence-corrected chi connectivity index (χ1v) is 16.6. The van der Waals surface area contributed by atoms with Crippen LogP contribution in [0.25, 0.3) is 0 Å². The number of nitrogens with one attached hydrogen (secondary N) is 1. The van der Waals surface area contributed by atoms with Gasteiger partial charge in [0.05, 0.1) is 4.90 Å². The number of sulfonamides is 1. The third-order valence-corrected chi connectivity index (χ3v) is 10.8. The van der Waals surface area contributed by atoms with Crippen LogP contribution in [0.4, 0.5) is 33.6 Å². The minimum absolute atomic E-state index is 0.0601. The Hall–Kier alpha value is -2.99. The Balaban J connectivity index is 1.19. The Morgan fingerprint density at radius 2 is 1.65 bits per heavy atom. The summed E-state index contributed by atoms with van der Waals surface area (Å²) in [5, 5.41) is 11.8. The fourth-order valence-electron chi connectivity index (χ4n) is 6.19. The number of aromatic nitrogens is 2. The summed E-state index contributed by atoms with van der Waals surface area (Å²) in [6, 6.07) is 6.58. The molecule has 0 bridgehead atoms. The summed E-state index contributed by atoms with van der Waals surface area (Å²) in [4.78, 5) is 23.9. The highest BCUT2D eigenvalue weighted by molar-refractivity contribution is 7.89. The van der Waals surface area contributed by atoms with Crippen molar-refractivity contribution in [3.63, 3.8) is 0 Å². The van der Waals surface area contributed by atoms with Crippen molar-refractivity contribution in [3.05, 3.63) is 41.7 Å². The van der Waals surface area contributed by atoms with E-state index in [-0.39, 0.29) is 81.1 Å². The number of aliphatic hydroxyl groups excluding tert-OH is 1. The van der Waals surface area contributed by atoms with Gasteiger partial charge in [0, 0.05) is 75.1 Å². The highest BCUT2D eigenvalue weighted by Gasteiger charge is 2.45. The lowest BCUT2D eigenvalue weighted by Gasteiger charge is -2.36. The van der Waals surface area contributed by atoms with Crippen LogP contribution in [0.3, 0.4) is 0 Å². The van der Waals surface area contributed by atoms with Crippen LogP contribution in [-0.2, 0) is 20.7 Å². The maximum atomic E-state index is 15.7. The van der Waals surface area contributed by atoms with Crippen LogP contribution >= 0.6 is 0 Å². The number of carbonyl (C=O) groups is 1. The van der Waals surface area contributed by atoms with Crippen LogP contribution in [0.15, 0.2) is 35.2 Å². The van der Waals surface area contributed by atoms with E-state index in [0.29, 0.717) is 17.9 Å². The van der Waals surface area contributed by atoms with Crippen LogP contribution in [0.1, 0.15) is 43.5 Å². The van der Waals surface area contributed by atoms with Gasteiger partial charge in [-0.15, -0.1) is 0 Å². The standard InChI is InChI=1S/C29H38F5N7O4S/c1-18-14-24(28(30,31)19-2-4-21(5-3-19)36-16-25(42)29(32,33)34)38-27(37-18)39-10-12-40(13-11-39)46(44,45)23-8-6-22(7-9-23)41-17-20(35)15-26(41)43/h6-9,14,19-21,25,36,42H,2-5,10-13,15-17,35H2,1H3/t19?,20-,21?,25?/m1/s1. The lowest BCUT2D eigenvalue weighted by Crippen LogP contribution is -2.49. The second kappa shape index (κ2) is 13.3. The zero-order valence-corrected chi connectivity index (χ0v) is 26.1. The number of rotatable bonds is 9. The molecule has 1 aromatic carbocycles. The summed E-state index contributed by atoms with van der Waals surface area (Å²) < 4.78 is 97.2. The summed E-state index contributed by atoms with van der Waals surface area (Å²) in [7, 11) is -3.86. The molecule has 2 aromatic rings. The third-order valence-electron chi connectivity index (χ3n) is 8.86. The first-order valence-electron chi connectivity index (χ1n) is 15.2. The monoisotopic (exact) mass is 675 g/mol. The maximum absolute atomic E-state index is 15.7. The van der Waals surface area contributed by atoms with Gasteiger partial charge in [-0.1, -0.05) is 0 Å². The van der Waals surface area contributed by atoms with Crippen LogP contribution in [0.5, 0.6) is 0 Å². The molecule has 1 unspecified atom stereocenters. The van der Waals surface area contributed by atoms with Gasteiger partial charge in [-0.2, -0.15) is 26.3 Å². The van der Waals surface area contributed by atoms with Crippen LogP contribution in [0, 0.1) is 12.8 Å². The van der Waals surface area contributed by atoms with Gasteiger partial charge in [0.1, 0.15) is 5.69 Å². The molecule has 2 saturated heterocycles. The number of aryl methyl sites for hydroxylation is 1. The molecule has 1 saturated carbocycles. The smallest absolute Gasteiger partial charge is 0.382 e. The van der Waals surface area contributed by atoms with Gasteiger partial charge in [0.2, 0.25) is 21.9 Å². The maximum Gasteiger partial charge on any atom is 0.415 e. The van der Waals surface area contributed by atoms with Crippen molar-refractivity contribution in [2.24, 2.45) is 11.7 Å². The average molecular weight is 676 g/mol. The van der Waals surface area contributed by atoms with E-state index in [1.165, 1.54) is 27.4 Å². The highest BCUT2D eigenvalue weighted by Crippen LogP contribution is 2.43. The molecule has 1 amide bonds. The van der Waals surface area contributed by atoms with Crippen molar-refractivity contribution in [3.8, 4) is 0 Å². The molecule has 11 nitrogen and oxygen atoms in total. The number of anilines is 2. The Morgan fingerprint density at radius 1 is 1.02 bits per heavy atom. The Bertz CT molecular complexity index is 1500. The molecule has 254 valence electrons. The number of halogens is 5. The summed E-state index contributed by atoms with van der Waals surface area (Å²) >= 11 is 0. The van der Waals surface area contributed by atoms with Crippen LogP contribution < -0.4 is 20.9 Å². The summed E-state index contributed by atoms with van der Waals surface area (Å²) in [5.74, 6) is -4.45. The van der Waals surface area contributed by atoms with Gasteiger partial charge >= 0.3 is 6.18 Å². The fraction of sp³-hybridized carbons (Fsp3) is 0.621. The quantitative estimate of drug-likeness (QED) is 0.342. The van der Waals surface area contributed by atoms with E-state index in [2.05, 4.69) is 15.3 Å². The first-order chi connectivity index (χ1) is 21.6. The molecule has 1 aromatic heterocycles. The van der Waals surface area contributed by atoms with Crippen molar-refractivity contribution < 1.29 is 40.3 Å². The molecule has 1 aliphatic carbocycles. The molecule has 4 N–H and O–H groups in total. The fourth-order valence-corrected chi connectivity index (χ4v) is 7.61. The number of hydrogen-bond acceptors (Lipinski definition) is 9. The first kappa shape index (κ1) is 34.3. The van der Waals surface area contributed by atoms with Crippen molar-refractivity contribution >= 4 is 27.6 Å². The average Bonchev–Trinajstić information content (AvgIpc) is 3.36. The third kappa shape index (κ3) is 7.43. The normalized spacial score (nSPS) is 24.4. The molecule has 17 heteroatoms. The second-order valence-electron chi connectivity index (χ2n) is 12.2. The summed E-state index contributed by atoms with van der Waals surface area (Å²) in [5.41, 5.74) is 6.29. The molecule has 2 atom stereocenters. The van der Waals surface area contributed by atoms with Gasteiger partial charge in [0.25, 0.3) is 5.92 Å². The number of aliphatic hydroxyl groups is 1. The van der Waals surface area contributed by atoms with Gasteiger partial charge in [-0.3, -0.25) is 4.79 Å². The van der Waals surface area contributed by atoms with E-state index >= 15 is 8.78 Å². The summed E-state index contributed by atoms with van der Waals surface area (Å²) in [6.45, 7) is 1.74. The van der Waals surface area contributed by atoms with Crippen molar-refractivity contribution in [2.75, 3.05) is 49.1 Å². The molecule has 0 spiro atoms. The Labute approximate surface area is 264 Å². The SMILES string of the molecule is Cc1cc(C(F)(F)C2CCC(NCC(O)C(F)(F)F)CC2)nc(N2CCN(S(=O)(=O)c3ccc(N4C[C@H](N)CC4=O)cc3)CC2)n1. The molecule has 0 radical (unpaired) electrons.